The number of nitrogens with one attached hydrogen (secondary N) is 2. The Morgan fingerprint density at radius 2 is 2.22 bits per heavy atom. The van der Waals surface area contributed by atoms with Crippen LogP contribution in [0, 0.1) is 0 Å². The molecule has 1 amide bonds. The minimum Gasteiger partial charge on any atom is -0.495 e. The summed E-state index contributed by atoms with van der Waals surface area (Å²) in [7, 11) is 1.54. The Bertz CT molecular complexity index is 583. The molecule has 2 aromatic rings. The van der Waals surface area contributed by atoms with Crippen molar-refractivity contribution in [2.24, 2.45) is 0 Å². The third-order valence-corrected chi connectivity index (χ3v) is 3.06. The van der Waals surface area contributed by atoms with Gasteiger partial charge in [0.15, 0.2) is 0 Å². The van der Waals surface area contributed by atoms with E-state index in [-0.39, 0.29) is 5.91 Å². The Labute approximate surface area is 117 Å². The number of carbonyl (C=O) groups is 1. The zero-order chi connectivity index (χ0) is 13.1. The van der Waals surface area contributed by atoms with Crippen LogP contribution >= 0.6 is 27.5 Å². The van der Waals surface area contributed by atoms with Gasteiger partial charge >= 0.3 is 0 Å². The molecule has 0 radical (unpaired) electrons. The number of aromatic amines is 1. The van der Waals surface area contributed by atoms with E-state index in [0.717, 1.165) is 4.47 Å². The van der Waals surface area contributed by atoms with Gasteiger partial charge in [-0.05, 0) is 40.2 Å². The second kappa shape index (κ2) is 5.46. The summed E-state index contributed by atoms with van der Waals surface area (Å²) in [6, 6.07) is 6.75. The van der Waals surface area contributed by atoms with Crippen LogP contribution in [0.2, 0.25) is 5.02 Å². The Kier molecular flexibility index (Phi) is 3.93. The molecule has 1 heterocycles. The molecule has 4 nitrogen and oxygen atoms in total. The molecule has 0 aliphatic carbocycles. The van der Waals surface area contributed by atoms with E-state index in [0.29, 0.717) is 22.2 Å². The quantitative estimate of drug-likeness (QED) is 0.902. The van der Waals surface area contributed by atoms with Gasteiger partial charge in [-0.3, -0.25) is 4.79 Å². The molecule has 94 valence electrons. The molecular weight excluding hydrogens is 320 g/mol. The first-order valence-electron chi connectivity index (χ1n) is 5.09. The molecule has 0 unspecified atom stereocenters. The van der Waals surface area contributed by atoms with Gasteiger partial charge in [0.05, 0.1) is 12.1 Å². The molecule has 0 bridgehead atoms. The first-order chi connectivity index (χ1) is 8.60. The van der Waals surface area contributed by atoms with Gasteiger partial charge in [-0.25, -0.2) is 0 Å². The zero-order valence-electron chi connectivity index (χ0n) is 9.46. The number of amides is 1. The number of rotatable bonds is 3. The van der Waals surface area contributed by atoms with Crippen molar-refractivity contribution in [3.05, 3.63) is 45.7 Å². The van der Waals surface area contributed by atoms with Crippen LogP contribution in [-0.4, -0.2) is 18.0 Å². The highest BCUT2D eigenvalue weighted by molar-refractivity contribution is 9.10. The Morgan fingerprint density at radius 1 is 1.44 bits per heavy atom. The molecule has 6 heteroatoms. The fraction of sp³-hybridized carbons (Fsp3) is 0.0833. The maximum atomic E-state index is 11.9. The summed E-state index contributed by atoms with van der Waals surface area (Å²) in [5, 5.41) is 3.18. The van der Waals surface area contributed by atoms with E-state index in [1.54, 1.807) is 30.5 Å². The van der Waals surface area contributed by atoms with Crippen molar-refractivity contribution >= 4 is 39.1 Å². The first-order valence-corrected chi connectivity index (χ1v) is 6.26. The highest BCUT2D eigenvalue weighted by Gasteiger charge is 2.09. The highest BCUT2D eigenvalue weighted by atomic mass is 79.9. The number of H-pyrrole nitrogens is 1. The number of hydrogen-bond acceptors (Lipinski definition) is 2. The van der Waals surface area contributed by atoms with E-state index in [1.165, 1.54) is 7.11 Å². The monoisotopic (exact) mass is 328 g/mol. The number of ether oxygens (including phenoxy) is 1. The number of aromatic nitrogens is 1. The number of hydrogen-bond donors (Lipinski definition) is 2. The molecule has 18 heavy (non-hydrogen) atoms. The third-order valence-electron chi connectivity index (χ3n) is 2.30. The predicted molar refractivity (Wildman–Crippen MR) is 74.4 cm³/mol. The summed E-state index contributed by atoms with van der Waals surface area (Å²) >= 11 is 9.24. The van der Waals surface area contributed by atoms with Crippen LogP contribution in [0.25, 0.3) is 0 Å². The summed E-state index contributed by atoms with van der Waals surface area (Å²) in [5.41, 5.74) is 1.07. The molecule has 0 aliphatic heterocycles. The van der Waals surface area contributed by atoms with Crippen molar-refractivity contribution in [1.29, 1.82) is 0 Å². The second-order valence-corrected chi connectivity index (χ2v) is 4.86. The minimum atomic E-state index is -0.234. The van der Waals surface area contributed by atoms with Gasteiger partial charge in [0.2, 0.25) is 0 Å². The lowest BCUT2D eigenvalue weighted by Crippen LogP contribution is -2.12. The topological polar surface area (TPSA) is 54.1 Å². The lowest BCUT2D eigenvalue weighted by Gasteiger charge is -2.07. The van der Waals surface area contributed by atoms with E-state index in [9.17, 15) is 4.79 Å². The van der Waals surface area contributed by atoms with Crippen molar-refractivity contribution in [3.63, 3.8) is 0 Å². The Morgan fingerprint density at radius 3 is 2.78 bits per heavy atom. The average Bonchev–Trinajstić information content (AvgIpc) is 2.76. The molecule has 1 aromatic heterocycles. The van der Waals surface area contributed by atoms with Crippen molar-refractivity contribution < 1.29 is 9.53 Å². The first kappa shape index (κ1) is 13.0. The lowest BCUT2D eigenvalue weighted by molar-refractivity contribution is 0.102. The number of benzene rings is 1. The van der Waals surface area contributed by atoms with Crippen molar-refractivity contribution in [1.82, 2.24) is 4.98 Å². The average molecular weight is 330 g/mol. The fourth-order valence-electron chi connectivity index (χ4n) is 1.44. The molecule has 0 aliphatic rings. The lowest BCUT2D eigenvalue weighted by atomic mass is 10.3. The number of halogens is 2. The predicted octanol–water partition coefficient (Wildman–Crippen LogP) is 3.69. The van der Waals surface area contributed by atoms with Gasteiger partial charge < -0.3 is 15.0 Å². The van der Waals surface area contributed by atoms with Crippen LogP contribution < -0.4 is 10.1 Å². The second-order valence-electron chi connectivity index (χ2n) is 3.54. The van der Waals surface area contributed by atoms with E-state index in [2.05, 4.69) is 26.2 Å². The van der Waals surface area contributed by atoms with Crippen LogP contribution in [0.1, 0.15) is 10.5 Å². The molecule has 1 aromatic carbocycles. The summed E-state index contributed by atoms with van der Waals surface area (Å²) < 4.78 is 5.86. The summed E-state index contributed by atoms with van der Waals surface area (Å²) in [6.45, 7) is 0. The van der Waals surface area contributed by atoms with Gasteiger partial charge in [-0.15, -0.1) is 0 Å². The molecule has 0 fully saturated rings. The van der Waals surface area contributed by atoms with Crippen LogP contribution in [0.15, 0.2) is 34.9 Å². The maximum absolute atomic E-state index is 11.9. The number of methoxy groups -OCH3 is 1. The van der Waals surface area contributed by atoms with Gasteiger partial charge in [0, 0.05) is 16.4 Å². The molecular formula is C12H10BrClN2O2. The molecule has 2 N–H and O–H groups in total. The van der Waals surface area contributed by atoms with Crippen LogP contribution in [0.3, 0.4) is 0 Å². The minimum absolute atomic E-state index is 0.234. The maximum Gasteiger partial charge on any atom is 0.272 e. The molecule has 0 atom stereocenters. The van der Waals surface area contributed by atoms with Gasteiger partial charge in [-0.1, -0.05) is 11.6 Å². The molecule has 0 saturated carbocycles. The Hall–Kier alpha value is -1.46. The fourth-order valence-corrected chi connectivity index (χ4v) is 2.04. The van der Waals surface area contributed by atoms with Crippen LogP contribution in [0.4, 0.5) is 5.69 Å². The largest absolute Gasteiger partial charge is 0.495 e. The van der Waals surface area contributed by atoms with Gasteiger partial charge in [0.1, 0.15) is 11.4 Å². The molecule has 0 saturated heterocycles. The number of carbonyl (C=O) groups excluding carboxylic acids is 1. The van der Waals surface area contributed by atoms with E-state index in [1.807, 2.05) is 0 Å². The SMILES string of the molecule is COc1ccc(NC(=O)c2cc(Br)c[nH]2)cc1Cl. The van der Waals surface area contributed by atoms with Crippen molar-refractivity contribution in [2.45, 2.75) is 0 Å². The highest BCUT2D eigenvalue weighted by Crippen LogP contribution is 2.27. The summed E-state index contributed by atoms with van der Waals surface area (Å²) in [5.74, 6) is 0.333. The Balaban J connectivity index is 2.14. The summed E-state index contributed by atoms with van der Waals surface area (Å²) in [4.78, 5) is 14.7. The van der Waals surface area contributed by atoms with E-state index in [4.69, 9.17) is 16.3 Å². The smallest absolute Gasteiger partial charge is 0.272 e. The summed E-state index contributed by atoms with van der Waals surface area (Å²) in [6.07, 6.45) is 1.69. The number of anilines is 1. The van der Waals surface area contributed by atoms with Gasteiger partial charge in [-0.2, -0.15) is 0 Å². The van der Waals surface area contributed by atoms with E-state index < -0.39 is 0 Å². The van der Waals surface area contributed by atoms with Crippen LogP contribution in [0.5, 0.6) is 5.75 Å². The standard InChI is InChI=1S/C12H10BrClN2O2/c1-18-11-3-2-8(5-9(11)14)16-12(17)10-4-7(13)6-15-10/h2-6,15H,1H3,(H,16,17). The van der Waals surface area contributed by atoms with Crippen molar-refractivity contribution in [2.75, 3.05) is 12.4 Å². The molecule has 0 spiro atoms. The third kappa shape index (κ3) is 2.86. The normalized spacial score (nSPS) is 10.2. The zero-order valence-corrected chi connectivity index (χ0v) is 11.8. The van der Waals surface area contributed by atoms with Crippen molar-refractivity contribution in [3.8, 4) is 5.75 Å². The molecule has 2 rings (SSSR count). The van der Waals surface area contributed by atoms with E-state index >= 15 is 0 Å². The van der Waals surface area contributed by atoms with Crippen LogP contribution in [-0.2, 0) is 0 Å². The van der Waals surface area contributed by atoms with Gasteiger partial charge in [0.25, 0.3) is 5.91 Å².